The molecule has 1 aromatic rings. The zero-order chi connectivity index (χ0) is 15.7. The molecule has 0 aliphatic carbocycles. The Balaban J connectivity index is 2.54. The monoisotopic (exact) mass is 312 g/mol. The average Bonchev–Trinajstić information content (AvgIpc) is 2.49. The second-order valence-corrected chi connectivity index (χ2v) is 5.43. The molecule has 116 valence electrons. The third-order valence-corrected chi connectivity index (χ3v) is 3.62. The number of carbonyl (C=O) groups excluding carboxylic acids is 1. The van der Waals surface area contributed by atoms with Crippen molar-refractivity contribution in [2.24, 2.45) is 5.84 Å². The highest BCUT2D eigenvalue weighted by Crippen LogP contribution is 2.24. The van der Waals surface area contributed by atoms with Crippen molar-refractivity contribution in [3.63, 3.8) is 0 Å². The number of hydrazine groups is 1. The second kappa shape index (κ2) is 9.19. The van der Waals surface area contributed by atoms with Crippen LogP contribution in [0.25, 0.3) is 0 Å². The molecule has 1 amide bonds. The van der Waals surface area contributed by atoms with Crippen molar-refractivity contribution in [1.29, 1.82) is 0 Å². The largest absolute Gasteiger partial charge is 0.352 e. The number of unbranched alkanes of at least 4 members (excludes halogenated alkanes) is 2. The molecule has 0 atom stereocenters. The Bertz CT molecular complexity index is 496. The molecule has 0 saturated heterocycles. The van der Waals surface area contributed by atoms with Crippen LogP contribution in [0.1, 0.15) is 29.6 Å². The van der Waals surface area contributed by atoms with Gasteiger partial charge in [-0.15, -0.1) is 0 Å². The molecule has 1 aromatic carbocycles. The Morgan fingerprint density at radius 3 is 2.76 bits per heavy atom. The van der Waals surface area contributed by atoms with Gasteiger partial charge in [0.05, 0.1) is 4.92 Å². The SMILES string of the molecule is CSCCCCCNC(=O)c1ccc(NN)c([N+](=O)[O-])c1. The maximum absolute atomic E-state index is 11.9. The third kappa shape index (κ3) is 5.60. The van der Waals surface area contributed by atoms with Gasteiger partial charge in [0.1, 0.15) is 5.69 Å². The highest BCUT2D eigenvalue weighted by atomic mass is 32.2. The molecule has 7 nitrogen and oxygen atoms in total. The number of hydrogen-bond donors (Lipinski definition) is 3. The van der Waals surface area contributed by atoms with Crippen molar-refractivity contribution in [1.82, 2.24) is 5.32 Å². The number of benzene rings is 1. The first kappa shape index (κ1) is 17.3. The number of nitro groups is 1. The standard InChI is InChI=1S/C13H20N4O3S/c1-21-8-4-2-3-7-15-13(18)10-5-6-11(16-14)12(9-10)17(19)20/h5-6,9,16H,2-4,7-8,14H2,1H3,(H,15,18). The third-order valence-electron chi connectivity index (χ3n) is 2.92. The molecule has 0 heterocycles. The normalized spacial score (nSPS) is 10.2. The molecule has 0 saturated carbocycles. The van der Waals surface area contributed by atoms with Crippen molar-refractivity contribution >= 4 is 29.0 Å². The number of nitro benzene ring substituents is 1. The van der Waals surface area contributed by atoms with Gasteiger partial charge in [-0.1, -0.05) is 6.42 Å². The van der Waals surface area contributed by atoms with Crippen LogP contribution in [0.2, 0.25) is 0 Å². The predicted molar refractivity (Wildman–Crippen MR) is 85.5 cm³/mol. The first-order valence-corrected chi connectivity index (χ1v) is 8.01. The van der Waals surface area contributed by atoms with Crippen LogP contribution in [0.15, 0.2) is 18.2 Å². The van der Waals surface area contributed by atoms with Crippen molar-refractivity contribution in [3.05, 3.63) is 33.9 Å². The van der Waals surface area contributed by atoms with Gasteiger partial charge >= 0.3 is 0 Å². The molecule has 8 heteroatoms. The van der Waals surface area contributed by atoms with Gasteiger partial charge in [-0.25, -0.2) is 0 Å². The van der Waals surface area contributed by atoms with Crippen molar-refractivity contribution < 1.29 is 9.72 Å². The quantitative estimate of drug-likeness (QED) is 0.279. The molecular weight excluding hydrogens is 292 g/mol. The molecule has 0 fully saturated rings. The fraction of sp³-hybridized carbons (Fsp3) is 0.462. The van der Waals surface area contributed by atoms with Crippen LogP contribution in [-0.4, -0.2) is 29.4 Å². The van der Waals surface area contributed by atoms with E-state index in [2.05, 4.69) is 17.0 Å². The summed E-state index contributed by atoms with van der Waals surface area (Å²) in [4.78, 5) is 22.2. The summed E-state index contributed by atoms with van der Waals surface area (Å²) in [6, 6.07) is 4.15. The fourth-order valence-electron chi connectivity index (χ4n) is 1.80. The van der Waals surface area contributed by atoms with Crippen LogP contribution in [0.4, 0.5) is 11.4 Å². The van der Waals surface area contributed by atoms with E-state index in [4.69, 9.17) is 5.84 Å². The van der Waals surface area contributed by atoms with Crippen molar-refractivity contribution in [2.75, 3.05) is 24.0 Å². The van der Waals surface area contributed by atoms with Crippen LogP contribution in [0.3, 0.4) is 0 Å². The van der Waals surface area contributed by atoms with Crippen LogP contribution >= 0.6 is 11.8 Å². The van der Waals surface area contributed by atoms with E-state index in [1.165, 1.54) is 18.2 Å². The zero-order valence-electron chi connectivity index (χ0n) is 11.9. The van der Waals surface area contributed by atoms with E-state index >= 15 is 0 Å². The average molecular weight is 312 g/mol. The zero-order valence-corrected chi connectivity index (χ0v) is 12.7. The van der Waals surface area contributed by atoms with E-state index in [1.54, 1.807) is 11.8 Å². The molecule has 0 aliphatic heterocycles. The first-order valence-electron chi connectivity index (χ1n) is 6.62. The lowest BCUT2D eigenvalue weighted by Crippen LogP contribution is -2.24. The number of nitrogen functional groups attached to an aromatic ring is 1. The molecule has 0 bridgehead atoms. The van der Waals surface area contributed by atoms with Gasteiger partial charge in [0, 0.05) is 18.2 Å². The summed E-state index contributed by atoms with van der Waals surface area (Å²) in [5, 5.41) is 13.7. The van der Waals surface area contributed by atoms with Gasteiger partial charge in [0.25, 0.3) is 11.6 Å². The van der Waals surface area contributed by atoms with E-state index in [9.17, 15) is 14.9 Å². The number of rotatable bonds is 9. The van der Waals surface area contributed by atoms with Crippen molar-refractivity contribution in [3.8, 4) is 0 Å². The maximum Gasteiger partial charge on any atom is 0.294 e. The minimum atomic E-state index is -0.575. The van der Waals surface area contributed by atoms with E-state index in [0.717, 1.165) is 25.0 Å². The van der Waals surface area contributed by atoms with Crippen LogP contribution in [0, 0.1) is 10.1 Å². The lowest BCUT2D eigenvalue weighted by molar-refractivity contribution is -0.384. The number of thioether (sulfide) groups is 1. The van der Waals surface area contributed by atoms with E-state index in [1.807, 2.05) is 0 Å². The van der Waals surface area contributed by atoms with E-state index in [0.29, 0.717) is 6.54 Å². The van der Waals surface area contributed by atoms with Gasteiger partial charge in [-0.3, -0.25) is 20.8 Å². The number of carbonyl (C=O) groups is 1. The van der Waals surface area contributed by atoms with Gasteiger partial charge < -0.3 is 10.7 Å². The molecule has 0 spiro atoms. The molecular formula is C13H20N4O3S. The van der Waals surface area contributed by atoms with Gasteiger partial charge in [0.2, 0.25) is 0 Å². The predicted octanol–water partition coefficient (Wildman–Crippen LogP) is 2.14. The minimum Gasteiger partial charge on any atom is -0.352 e. The number of nitrogens with two attached hydrogens (primary N) is 1. The number of amides is 1. The molecule has 1 rings (SSSR count). The molecule has 21 heavy (non-hydrogen) atoms. The lowest BCUT2D eigenvalue weighted by Gasteiger charge is -2.07. The summed E-state index contributed by atoms with van der Waals surface area (Å²) < 4.78 is 0. The Labute approximate surface area is 127 Å². The summed E-state index contributed by atoms with van der Waals surface area (Å²) in [7, 11) is 0. The smallest absolute Gasteiger partial charge is 0.294 e. The van der Waals surface area contributed by atoms with Gasteiger partial charge in [-0.2, -0.15) is 11.8 Å². The van der Waals surface area contributed by atoms with Gasteiger partial charge in [-0.05, 0) is 37.0 Å². The second-order valence-electron chi connectivity index (χ2n) is 4.44. The first-order chi connectivity index (χ1) is 10.1. The Hall–Kier alpha value is -1.80. The maximum atomic E-state index is 11.9. The van der Waals surface area contributed by atoms with E-state index in [-0.39, 0.29) is 22.8 Å². The Morgan fingerprint density at radius 2 is 2.14 bits per heavy atom. The summed E-state index contributed by atoms with van der Waals surface area (Å²) in [6.07, 6.45) is 5.14. The lowest BCUT2D eigenvalue weighted by atomic mass is 10.1. The summed E-state index contributed by atoms with van der Waals surface area (Å²) >= 11 is 1.80. The molecule has 0 radical (unpaired) electrons. The number of hydrogen-bond acceptors (Lipinski definition) is 6. The fourth-order valence-corrected chi connectivity index (χ4v) is 2.29. The van der Waals surface area contributed by atoms with Crippen molar-refractivity contribution in [2.45, 2.75) is 19.3 Å². The molecule has 0 unspecified atom stereocenters. The van der Waals surface area contributed by atoms with Crippen LogP contribution < -0.4 is 16.6 Å². The Morgan fingerprint density at radius 1 is 1.38 bits per heavy atom. The highest BCUT2D eigenvalue weighted by Gasteiger charge is 2.16. The number of anilines is 1. The van der Waals surface area contributed by atoms with Gasteiger partial charge in [0.15, 0.2) is 0 Å². The Kier molecular flexibility index (Phi) is 7.55. The summed E-state index contributed by atoms with van der Waals surface area (Å²) in [6.45, 7) is 0.567. The number of nitrogens with one attached hydrogen (secondary N) is 2. The topological polar surface area (TPSA) is 110 Å². The molecule has 4 N–H and O–H groups in total. The van der Waals surface area contributed by atoms with E-state index < -0.39 is 4.92 Å². The van der Waals surface area contributed by atoms with Crippen LogP contribution in [0.5, 0.6) is 0 Å². The summed E-state index contributed by atoms with van der Waals surface area (Å²) in [5.41, 5.74) is 2.45. The molecule has 0 aliphatic rings. The highest BCUT2D eigenvalue weighted by molar-refractivity contribution is 7.98. The number of nitrogens with zero attached hydrogens (tertiary/aromatic N) is 1. The minimum absolute atomic E-state index is 0.175. The molecule has 0 aromatic heterocycles. The van der Waals surface area contributed by atoms with Crippen LogP contribution in [-0.2, 0) is 0 Å². The summed E-state index contributed by atoms with van der Waals surface area (Å²) in [5.74, 6) is 6.00.